The third-order valence-corrected chi connectivity index (χ3v) is 4.61. The first-order valence-corrected chi connectivity index (χ1v) is 9.17. The molecule has 1 N–H and O–H groups in total. The van der Waals surface area contributed by atoms with Crippen LogP contribution in [0.4, 0.5) is 13.2 Å². The van der Waals surface area contributed by atoms with E-state index in [2.05, 4.69) is 25.4 Å². The molecule has 0 aliphatic carbocycles. The molecule has 28 heavy (non-hydrogen) atoms. The van der Waals surface area contributed by atoms with Crippen LogP contribution >= 0.6 is 0 Å². The molecule has 1 fully saturated rings. The Balaban J connectivity index is 1.65. The Labute approximate surface area is 160 Å². The molecule has 2 aromatic rings. The Morgan fingerprint density at radius 3 is 2.61 bits per heavy atom. The Hall–Kier alpha value is -2.56. The van der Waals surface area contributed by atoms with Gasteiger partial charge in [-0.3, -0.25) is 14.7 Å². The van der Waals surface area contributed by atoms with Crippen molar-refractivity contribution in [3.05, 3.63) is 35.9 Å². The molecule has 1 atom stereocenters. The first-order valence-electron chi connectivity index (χ1n) is 9.17. The average Bonchev–Trinajstić information content (AvgIpc) is 2.91. The number of carbonyl (C=O) groups is 1. The lowest BCUT2D eigenvalue weighted by molar-refractivity contribution is -0.163. The second kappa shape index (κ2) is 9.09. The third-order valence-electron chi connectivity index (χ3n) is 4.61. The molecule has 1 aliphatic heterocycles. The van der Waals surface area contributed by atoms with Crippen LogP contribution in [0.2, 0.25) is 0 Å². The van der Waals surface area contributed by atoms with E-state index in [1.54, 1.807) is 0 Å². The maximum atomic E-state index is 13.4. The zero-order valence-electron chi connectivity index (χ0n) is 15.3. The number of likely N-dealkylation sites (tertiary alicyclic amines) is 1. The van der Waals surface area contributed by atoms with E-state index in [4.69, 9.17) is 0 Å². The van der Waals surface area contributed by atoms with Gasteiger partial charge in [-0.15, -0.1) is 5.10 Å². The van der Waals surface area contributed by atoms with E-state index in [0.29, 0.717) is 12.4 Å². The lowest BCUT2D eigenvalue weighted by Gasteiger charge is -2.22. The molecule has 11 heteroatoms. The zero-order chi connectivity index (χ0) is 20.0. The molecule has 0 bridgehead atoms. The minimum absolute atomic E-state index is 0.134. The highest BCUT2D eigenvalue weighted by atomic mass is 19.4. The minimum Gasteiger partial charge on any atom is -0.339 e. The monoisotopic (exact) mass is 397 g/mol. The summed E-state index contributed by atoms with van der Waals surface area (Å²) in [7, 11) is 0. The zero-order valence-corrected chi connectivity index (χ0v) is 15.3. The minimum atomic E-state index is -4.64. The van der Waals surface area contributed by atoms with Crippen molar-refractivity contribution in [2.75, 3.05) is 13.1 Å². The van der Waals surface area contributed by atoms with Crippen LogP contribution in [0.5, 0.6) is 0 Å². The smallest absolute Gasteiger partial charge is 0.339 e. The predicted octanol–water partition coefficient (Wildman–Crippen LogP) is 1.86. The van der Waals surface area contributed by atoms with Crippen LogP contribution in [-0.2, 0) is 17.9 Å². The van der Waals surface area contributed by atoms with Gasteiger partial charge in [0.25, 0.3) is 0 Å². The van der Waals surface area contributed by atoms with Crippen molar-refractivity contribution in [2.45, 2.75) is 51.0 Å². The molecular weight excluding hydrogens is 375 g/mol. The molecule has 152 valence electrons. The van der Waals surface area contributed by atoms with Gasteiger partial charge in [0.05, 0.1) is 6.54 Å². The molecule has 1 aliphatic rings. The number of carbonyl (C=O) groups excluding carboxylic acids is 1. The normalized spacial score (nSPS) is 17.1. The van der Waals surface area contributed by atoms with Gasteiger partial charge in [-0.2, -0.15) is 13.2 Å². The van der Waals surface area contributed by atoms with E-state index in [9.17, 15) is 18.0 Å². The van der Waals surface area contributed by atoms with Crippen LogP contribution in [0.3, 0.4) is 0 Å². The summed E-state index contributed by atoms with van der Waals surface area (Å²) in [5, 5.41) is 13.3. The number of nitrogens with one attached hydrogen (secondary N) is 1. The summed E-state index contributed by atoms with van der Waals surface area (Å²) in [4.78, 5) is 18.2. The van der Waals surface area contributed by atoms with Crippen molar-refractivity contribution in [1.82, 2.24) is 35.4 Å². The Morgan fingerprint density at radius 1 is 1.21 bits per heavy atom. The van der Waals surface area contributed by atoms with E-state index < -0.39 is 18.1 Å². The number of halogens is 3. The molecule has 3 heterocycles. The highest BCUT2D eigenvalue weighted by molar-refractivity contribution is 5.76. The molecule has 1 amide bonds. The van der Waals surface area contributed by atoms with Gasteiger partial charge in [0.2, 0.25) is 5.91 Å². The lowest BCUT2D eigenvalue weighted by Crippen LogP contribution is -2.40. The Bertz CT molecular complexity index is 758. The van der Waals surface area contributed by atoms with Gasteiger partial charge in [-0.05, 0) is 42.4 Å². The summed E-state index contributed by atoms with van der Waals surface area (Å²) < 4.78 is 41.4. The molecule has 0 aromatic carbocycles. The standard InChI is InChI=1S/C17H22F3N7O/c18-17(19,20)16(13-6-5-7-21-10-13)22-15(28)12-27-14(23-24-25-27)11-26-8-3-1-2-4-9-26/h5-7,10,16H,1-4,8-9,11-12H2,(H,22,28). The summed E-state index contributed by atoms with van der Waals surface area (Å²) in [5.74, 6) is -0.363. The Morgan fingerprint density at radius 2 is 1.96 bits per heavy atom. The predicted molar refractivity (Wildman–Crippen MR) is 92.7 cm³/mol. The number of rotatable bonds is 6. The van der Waals surface area contributed by atoms with Gasteiger partial charge in [-0.1, -0.05) is 18.9 Å². The van der Waals surface area contributed by atoms with E-state index in [-0.39, 0.29) is 12.1 Å². The molecule has 8 nitrogen and oxygen atoms in total. The number of pyridine rings is 1. The molecular formula is C17H22F3N7O. The maximum Gasteiger partial charge on any atom is 0.412 e. The third kappa shape index (κ3) is 5.47. The fourth-order valence-corrected chi connectivity index (χ4v) is 3.20. The van der Waals surface area contributed by atoms with Crippen LogP contribution < -0.4 is 5.32 Å². The van der Waals surface area contributed by atoms with Crippen molar-refractivity contribution < 1.29 is 18.0 Å². The number of aromatic nitrogens is 5. The molecule has 0 radical (unpaired) electrons. The van der Waals surface area contributed by atoms with Crippen molar-refractivity contribution in [2.24, 2.45) is 0 Å². The number of amides is 1. The highest BCUT2D eigenvalue weighted by Gasteiger charge is 2.42. The molecule has 2 aromatic heterocycles. The van der Waals surface area contributed by atoms with Crippen LogP contribution in [0.1, 0.15) is 43.1 Å². The Kier molecular flexibility index (Phi) is 6.55. The van der Waals surface area contributed by atoms with Crippen molar-refractivity contribution in [3.63, 3.8) is 0 Å². The van der Waals surface area contributed by atoms with Crippen LogP contribution in [0.15, 0.2) is 24.5 Å². The summed E-state index contributed by atoms with van der Waals surface area (Å²) in [6.07, 6.45) is 2.33. The second-order valence-electron chi connectivity index (χ2n) is 6.77. The quantitative estimate of drug-likeness (QED) is 0.801. The van der Waals surface area contributed by atoms with Crippen LogP contribution in [0, 0.1) is 0 Å². The first kappa shape index (κ1) is 20.2. The van der Waals surface area contributed by atoms with Crippen LogP contribution in [-0.4, -0.2) is 55.3 Å². The molecule has 1 unspecified atom stereocenters. The van der Waals surface area contributed by atoms with Gasteiger partial charge in [-0.25, -0.2) is 4.68 Å². The number of hydrogen-bond donors (Lipinski definition) is 1. The van der Waals surface area contributed by atoms with Crippen LogP contribution in [0.25, 0.3) is 0 Å². The maximum absolute atomic E-state index is 13.4. The topological polar surface area (TPSA) is 88.8 Å². The largest absolute Gasteiger partial charge is 0.412 e. The fraction of sp³-hybridized carbons (Fsp3) is 0.588. The van der Waals surface area contributed by atoms with Crippen molar-refractivity contribution in [3.8, 4) is 0 Å². The van der Waals surface area contributed by atoms with Crippen molar-refractivity contribution in [1.29, 1.82) is 0 Å². The average molecular weight is 397 g/mol. The summed E-state index contributed by atoms with van der Waals surface area (Å²) in [5.41, 5.74) is -0.134. The summed E-state index contributed by atoms with van der Waals surface area (Å²) in [6.45, 7) is 1.90. The van der Waals surface area contributed by atoms with E-state index in [1.807, 2.05) is 5.32 Å². The fourth-order valence-electron chi connectivity index (χ4n) is 3.20. The summed E-state index contributed by atoms with van der Waals surface area (Å²) in [6, 6.07) is 0.521. The SMILES string of the molecule is O=C(Cn1nnnc1CN1CCCCCC1)NC(c1cccnc1)C(F)(F)F. The van der Waals surface area contributed by atoms with E-state index in [1.165, 1.54) is 35.9 Å². The highest BCUT2D eigenvalue weighted by Crippen LogP contribution is 2.32. The van der Waals surface area contributed by atoms with Gasteiger partial charge in [0.1, 0.15) is 6.54 Å². The van der Waals surface area contributed by atoms with E-state index in [0.717, 1.165) is 32.1 Å². The molecule has 3 rings (SSSR count). The lowest BCUT2D eigenvalue weighted by atomic mass is 10.1. The first-order chi connectivity index (χ1) is 13.4. The van der Waals surface area contributed by atoms with Crippen molar-refractivity contribution >= 4 is 5.91 Å². The number of tetrazole rings is 1. The number of hydrogen-bond acceptors (Lipinski definition) is 6. The number of alkyl halides is 3. The summed E-state index contributed by atoms with van der Waals surface area (Å²) >= 11 is 0. The second-order valence-corrected chi connectivity index (χ2v) is 6.77. The molecule has 1 saturated heterocycles. The molecule has 0 spiro atoms. The van der Waals surface area contributed by atoms with Gasteiger partial charge >= 0.3 is 6.18 Å². The van der Waals surface area contributed by atoms with E-state index >= 15 is 0 Å². The van der Waals surface area contributed by atoms with Gasteiger partial charge in [0.15, 0.2) is 11.9 Å². The molecule has 0 saturated carbocycles. The van der Waals surface area contributed by atoms with Gasteiger partial charge < -0.3 is 5.32 Å². The van der Waals surface area contributed by atoms with Gasteiger partial charge in [0, 0.05) is 18.0 Å². The number of nitrogens with zero attached hydrogens (tertiary/aromatic N) is 6.